The van der Waals surface area contributed by atoms with E-state index in [1.54, 1.807) is 7.11 Å². The Labute approximate surface area is 151 Å². The Morgan fingerprint density at radius 2 is 1.88 bits per heavy atom. The zero-order chi connectivity index (χ0) is 18.5. The largest absolute Gasteiger partial charge is 0.414 e. The van der Waals surface area contributed by atoms with E-state index in [2.05, 4.69) is 59.3 Å². The van der Waals surface area contributed by atoms with E-state index < -0.39 is 8.32 Å². The van der Waals surface area contributed by atoms with Gasteiger partial charge in [-0.1, -0.05) is 34.6 Å². The molecule has 1 rings (SSSR count). The van der Waals surface area contributed by atoms with Crippen molar-refractivity contribution in [3.8, 4) is 0 Å². The van der Waals surface area contributed by atoms with E-state index in [1.165, 1.54) is 18.6 Å². The Kier molecular flexibility index (Phi) is 7.95. The van der Waals surface area contributed by atoms with Crippen molar-refractivity contribution < 1.29 is 9.16 Å². The first-order chi connectivity index (χ1) is 10.9. The predicted octanol–water partition coefficient (Wildman–Crippen LogP) is 4.77. The van der Waals surface area contributed by atoms with Gasteiger partial charge in [-0.25, -0.2) is 0 Å². The molecule has 1 aliphatic heterocycles. The molecule has 1 unspecified atom stereocenters. The summed E-state index contributed by atoms with van der Waals surface area (Å²) in [6, 6.07) is 0.426. The molecule has 5 heteroatoms. The van der Waals surface area contributed by atoms with Crippen LogP contribution in [0.1, 0.15) is 53.9 Å². The van der Waals surface area contributed by atoms with Crippen molar-refractivity contribution in [2.75, 3.05) is 20.3 Å². The first-order valence-electron chi connectivity index (χ1n) is 9.45. The lowest BCUT2D eigenvalue weighted by Crippen LogP contribution is -2.41. The van der Waals surface area contributed by atoms with Crippen LogP contribution in [0.15, 0.2) is 5.10 Å². The summed E-state index contributed by atoms with van der Waals surface area (Å²) < 4.78 is 11.9. The van der Waals surface area contributed by atoms with Crippen molar-refractivity contribution in [1.29, 1.82) is 0 Å². The third-order valence-electron chi connectivity index (χ3n) is 4.48. The van der Waals surface area contributed by atoms with Crippen LogP contribution in [-0.2, 0) is 9.16 Å². The number of nitrogens with zero attached hydrogens (tertiary/aromatic N) is 2. The molecule has 0 amide bonds. The number of methoxy groups -OCH3 is 1. The van der Waals surface area contributed by atoms with Crippen molar-refractivity contribution >= 4 is 14.0 Å². The normalized spacial score (nSPS) is 21.7. The van der Waals surface area contributed by atoms with Gasteiger partial charge in [0.05, 0.1) is 18.8 Å². The molecule has 0 spiro atoms. The third-order valence-corrected chi connectivity index (χ3v) is 5.48. The second kappa shape index (κ2) is 8.81. The van der Waals surface area contributed by atoms with Gasteiger partial charge in [0, 0.05) is 25.8 Å². The van der Waals surface area contributed by atoms with Crippen molar-refractivity contribution in [2.24, 2.45) is 16.4 Å². The lowest BCUT2D eigenvalue weighted by atomic mass is 9.84. The van der Waals surface area contributed by atoms with E-state index in [0.717, 1.165) is 19.6 Å². The average Bonchev–Trinajstić information content (AvgIpc) is 2.82. The summed E-state index contributed by atoms with van der Waals surface area (Å²) >= 11 is 0. The van der Waals surface area contributed by atoms with E-state index in [4.69, 9.17) is 14.3 Å². The van der Waals surface area contributed by atoms with Gasteiger partial charge in [-0.15, -0.1) is 0 Å². The molecule has 2 atom stereocenters. The Morgan fingerprint density at radius 3 is 2.33 bits per heavy atom. The molecular weight excluding hydrogens is 316 g/mol. The molecule has 1 heterocycles. The van der Waals surface area contributed by atoms with Crippen LogP contribution in [0.5, 0.6) is 0 Å². The first-order valence-corrected chi connectivity index (χ1v) is 12.9. The molecule has 0 aromatic carbocycles. The molecule has 0 N–H and O–H groups in total. The van der Waals surface area contributed by atoms with Gasteiger partial charge in [0.1, 0.15) is 0 Å². The van der Waals surface area contributed by atoms with Gasteiger partial charge in [0.15, 0.2) is 8.32 Å². The number of hydrogen-bond acceptors (Lipinski definition) is 4. The highest BCUT2D eigenvalue weighted by atomic mass is 28.4. The highest BCUT2D eigenvalue weighted by Crippen LogP contribution is 2.30. The number of ether oxygens (including phenoxy) is 1. The fourth-order valence-corrected chi connectivity index (χ4v) is 4.30. The molecule has 4 nitrogen and oxygen atoms in total. The Balaban J connectivity index is 2.95. The maximum Gasteiger partial charge on any atom is 0.184 e. The molecule has 24 heavy (non-hydrogen) atoms. The van der Waals surface area contributed by atoms with Crippen LogP contribution < -0.4 is 0 Å². The first kappa shape index (κ1) is 21.6. The maximum absolute atomic E-state index is 6.54. The van der Waals surface area contributed by atoms with Crippen molar-refractivity contribution in [1.82, 2.24) is 5.01 Å². The average molecular weight is 357 g/mol. The van der Waals surface area contributed by atoms with E-state index in [0.29, 0.717) is 12.0 Å². The fraction of sp³-hybridized carbons (Fsp3) is 0.947. The molecule has 142 valence electrons. The Bertz CT molecular complexity index is 411. The van der Waals surface area contributed by atoms with Gasteiger partial charge < -0.3 is 9.16 Å². The van der Waals surface area contributed by atoms with Crippen molar-refractivity contribution in [3.05, 3.63) is 0 Å². The van der Waals surface area contributed by atoms with E-state index >= 15 is 0 Å². The summed E-state index contributed by atoms with van der Waals surface area (Å²) in [7, 11) is 0.188. The predicted molar refractivity (Wildman–Crippen MR) is 106 cm³/mol. The molecule has 0 saturated carbocycles. The van der Waals surface area contributed by atoms with Crippen LogP contribution in [0.25, 0.3) is 0 Å². The summed E-state index contributed by atoms with van der Waals surface area (Å²) in [4.78, 5) is 0. The minimum atomic E-state index is -1.59. The smallest absolute Gasteiger partial charge is 0.184 e. The minimum absolute atomic E-state index is 0.118. The molecule has 1 saturated heterocycles. The van der Waals surface area contributed by atoms with Gasteiger partial charge in [0.2, 0.25) is 0 Å². The molecule has 0 aromatic rings. The standard InChI is InChI=1S/C19H40N2O2Si/c1-15(2)17(20-21-12-10-11-16(21)14-22-6)13-18(19(3,4)5)23-24(7,8)9/h15-16,18H,10-14H2,1-9H3/b20-17-/t16-,18?/m0/s1. The lowest BCUT2D eigenvalue weighted by Gasteiger charge is -2.37. The zero-order valence-corrected chi connectivity index (χ0v) is 18.5. The van der Waals surface area contributed by atoms with Crippen LogP contribution in [0, 0.1) is 11.3 Å². The number of hydrazone groups is 1. The number of hydrogen-bond donors (Lipinski definition) is 0. The van der Waals surface area contributed by atoms with Crippen molar-refractivity contribution in [2.45, 2.75) is 85.7 Å². The summed E-state index contributed by atoms with van der Waals surface area (Å²) in [6.45, 7) is 19.9. The molecule has 0 aliphatic carbocycles. The highest BCUT2D eigenvalue weighted by molar-refractivity contribution is 6.69. The second-order valence-corrected chi connectivity index (χ2v) is 13.9. The Hall–Kier alpha value is -0.393. The zero-order valence-electron chi connectivity index (χ0n) is 17.5. The summed E-state index contributed by atoms with van der Waals surface area (Å²) in [5, 5.41) is 7.32. The van der Waals surface area contributed by atoms with Gasteiger partial charge in [0.25, 0.3) is 0 Å². The minimum Gasteiger partial charge on any atom is -0.414 e. The summed E-state index contributed by atoms with van der Waals surface area (Å²) in [6.07, 6.45) is 3.52. The maximum atomic E-state index is 6.54. The number of rotatable bonds is 8. The summed E-state index contributed by atoms with van der Waals surface area (Å²) in [5.74, 6) is 0.434. The van der Waals surface area contributed by atoms with E-state index in [9.17, 15) is 0 Å². The summed E-state index contributed by atoms with van der Waals surface area (Å²) in [5.41, 5.74) is 1.38. The van der Waals surface area contributed by atoms with Gasteiger partial charge in [-0.05, 0) is 43.8 Å². The molecule has 1 fully saturated rings. The van der Waals surface area contributed by atoms with E-state index in [1.807, 2.05) is 0 Å². The Morgan fingerprint density at radius 1 is 1.25 bits per heavy atom. The van der Waals surface area contributed by atoms with Crippen LogP contribution in [0.4, 0.5) is 0 Å². The lowest BCUT2D eigenvalue weighted by molar-refractivity contribution is 0.0839. The highest BCUT2D eigenvalue weighted by Gasteiger charge is 2.33. The van der Waals surface area contributed by atoms with Gasteiger partial charge >= 0.3 is 0 Å². The topological polar surface area (TPSA) is 34.1 Å². The quantitative estimate of drug-likeness (QED) is 0.464. The van der Waals surface area contributed by atoms with Gasteiger partial charge in [-0.2, -0.15) is 5.10 Å². The fourth-order valence-electron chi connectivity index (χ4n) is 3.01. The molecule has 0 radical (unpaired) electrons. The third kappa shape index (κ3) is 7.24. The molecular formula is C19H40N2O2Si. The molecule has 0 bridgehead atoms. The molecule has 1 aliphatic rings. The molecule has 0 aromatic heterocycles. The van der Waals surface area contributed by atoms with E-state index in [-0.39, 0.29) is 11.5 Å². The second-order valence-electron chi connectivity index (χ2n) is 9.45. The van der Waals surface area contributed by atoms with Crippen LogP contribution in [0.2, 0.25) is 19.6 Å². The van der Waals surface area contributed by atoms with Gasteiger partial charge in [-0.3, -0.25) is 5.01 Å². The van der Waals surface area contributed by atoms with Crippen LogP contribution in [-0.4, -0.2) is 51.4 Å². The SMILES string of the molecule is COC[C@@H]1CCCN1/N=C(/CC(O[Si](C)(C)C)C(C)(C)C)C(C)C. The monoisotopic (exact) mass is 356 g/mol. The van der Waals surface area contributed by atoms with Crippen LogP contribution >= 0.6 is 0 Å². The van der Waals surface area contributed by atoms with Crippen LogP contribution in [0.3, 0.4) is 0 Å². The van der Waals surface area contributed by atoms with Crippen molar-refractivity contribution in [3.63, 3.8) is 0 Å².